The predicted molar refractivity (Wildman–Crippen MR) is 90.5 cm³/mol. The molecule has 0 amide bonds. The van der Waals surface area contributed by atoms with E-state index < -0.39 is 0 Å². The molecule has 5 heteroatoms. The zero-order valence-corrected chi connectivity index (χ0v) is 13.6. The molecule has 0 fully saturated rings. The van der Waals surface area contributed by atoms with E-state index in [1.54, 1.807) is 31.9 Å². The molecule has 4 nitrogen and oxygen atoms in total. The van der Waals surface area contributed by atoms with Gasteiger partial charge < -0.3 is 9.47 Å². The van der Waals surface area contributed by atoms with E-state index >= 15 is 0 Å². The summed E-state index contributed by atoms with van der Waals surface area (Å²) in [6, 6.07) is 14.7. The summed E-state index contributed by atoms with van der Waals surface area (Å²) in [7, 11) is 3.17. The lowest BCUT2D eigenvalue weighted by Gasteiger charge is -2.09. The molecular formula is C18H15NO3S. The minimum Gasteiger partial charge on any atom is -0.493 e. The van der Waals surface area contributed by atoms with Crippen LogP contribution < -0.4 is 9.47 Å². The zero-order valence-electron chi connectivity index (χ0n) is 12.8. The normalized spacial score (nSPS) is 10.3. The van der Waals surface area contributed by atoms with Crippen LogP contribution in [-0.4, -0.2) is 25.0 Å². The standard InChI is InChI=1S/C18H15NO3S/c1-21-14-9-8-13(10-15(14)22-2)16-18(23-11-19-16)17(20)12-6-4-3-5-7-12/h3-11H,1-2H3. The summed E-state index contributed by atoms with van der Waals surface area (Å²) in [5, 5.41) is 0. The molecule has 23 heavy (non-hydrogen) atoms. The van der Waals surface area contributed by atoms with E-state index in [0.717, 1.165) is 5.56 Å². The lowest BCUT2D eigenvalue weighted by molar-refractivity contribution is 0.104. The summed E-state index contributed by atoms with van der Waals surface area (Å²) in [6.07, 6.45) is 0. The summed E-state index contributed by atoms with van der Waals surface area (Å²) in [4.78, 5) is 17.7. The average molecular weight is 325 g/mol. The van der Waals surface area contributed by atoms with Gasteiger partial charge in [0.15, 0.2) is 11.5 Å². The Labute approximate surface area is 138 Å². The summed E-state index contributed by atoms with van der Waals surface area (Å²) in [6.45, 7) is 0. The van der Waals surface area contributed by atoms with Crippen LogP contribution >= 0.6 is 11.3 Å². The van der Waals surface area contributed by atoms with Gasteiger partial charge in [0.2, 0.25) is 5.78 Å². The van der Waals surface area contributed by atoms with Gasteiger partial charge in [-0.3, -0.25) is 4.79 Å². The van der Waals surface area contributed by atoms with Crippen molar-refractivity contribution < 1.29 is 14.3 Å². The van der Waals surface area contributed by atoms with Crippen molar-refractivity contribution in [2.24, 2.45) is 0 Å². The molecule has 0 aliphatic carbocycles. The Hall–Kier alpha value is -2.66. The van der Waals surface area contributed by atoms with Crippen molar-refractivity contribution in [1.82, 2.24) is 4.98 Å². The molecule has 0 aliphatic rings. The van der Waals surface area contributed by atoms with Crippen molar-refractivity contribution in [3.8, 4) is 22.8 Å². The first-order valence-electron chi connectivity index (χ1n) is 7.00. The van der Waals surface area contributed by atoms with Crippen LogP contribution in [0.4, 0.5) is 0 Å². The van der Waals surface area contributed by atoms with E-state index in [4.69, 9.17) is 9.47 Å². The first-order valence-corrected chi connectivity index (χ1v) is 7.88. The maximum absolute atomic E-state index is 12.7. The third-order valence-electron chi connectivity index (χ3n) is 3.47. The summed E-state index contributed by atoms with van der Waals surface area (Å²) in [5.74, 6) is 1.22. The maximum Gasteiger partial charge on any atom is 0.205 e. The number of rotatable bonds is 5. The SMILES string of the molecule is COc1ccc(-c2ncsc2C(=O)c2ccccc2)cc1OC. The molecule has 0 saturated heterocycles. The predicted octanol–water partition coefficient (Wildman–Crippen LogP) is 4.06. The minimum absolute atomic E-state index is 0.0297. The van der Waals surface area contributed by atoms with Crippen molar-refractivity contribution in [3.63, 3.8) is 0 Å². The van der Waals surface area contributed by atoms with Crippen LogP contribution in [0.5, 0.6) is 11.5 Å². The van der Waals surface area contributed by atoms with Crippen LogP contribution in [0.1, 0.15) is 15.2 Å². The van der Waals surface area contributed by atoms with Crippen LogP contribution in [0.25, 0.3) is 11.3 Å². The Kier molecular flexibility index (Phi) is 4.39. The first-order chi connectivity index (χ1) is 11.2. The van der Waals surface area contributed by atoms with Gasteiger partial charge in [-0.1, -0.05) is 30.3 Å². The third-order valence-corrected chi connectivity index (χ3v) is 4.29. The van der Waals surface area contributed by atoms with Crippen LogP contribution in [-0.2, 0) is 0 Å². The Balaban J connectivity index is 2.03. The summed E-state index contributed by atoms with van der Waals surface area (Å²) >= 11 is 1.34. The number of ketones is 1. The molecule has 116 valence electrons. The molecular weight excluding hydrogens is 310 g/mol. The number of aromatic nitrogens is 1. The molecule has 1 aromatic heterocycles. The largest absolute Gasteiger partial charge is 0.493 e. The number of carbonyl (C=O) groups is 1. The minimum atomic E-state index is -0.0297. The highest BCUT2D eigenvalue weighted by molar-refractivity contribution is 7.12. The van der Waals surface area contributed by atoms with Crippen LogP contribution in [0.15, 0.2) is 54.0 Å². The highest BCUT2D eigenvalue weighted by Gasteiger charge is 2.19. The molecule has 0 unspecified atom stereocenters. The number of carbonyl (C=O) groups excluding carboxylic acids is 1. The van der Waals surface area contributed by atoms with Gasteiger partial charge in [-0.05, 0) is 18.2 Å². The molecule has 0 saturated carbocycles. The molecule has 0 spiro atoms. The lowest BCUT2D eigenvalue weighted by Crippen LogP contribution is -2.00. The molecule has 3 aromatic rings. The number of methoxy groups -OCH3 is 2. The van der Waals surface area contributed by atoms with Gasteiger partial charge in [-0.25, -0.2) is 4.98 Å². The monoisotopic (exact) mass is 325 g/mol. The van der Waals surface area contributed by atoms with Crippen molar-refractivity contribution >= 4 is 17.1 Å². The van der Waals surface area contributed by atoms with Gasteiger partial charge in [-0.15, -0.1) is 11.3 Å². The smallest absolute Gasteiger partial charge is 0.205 e. The van der Waals surface area contributed by atoms with Gasteiger partial charge in [-0.2, -0.15) is 0 Å². The number of thiazole rings is 1. The van der Waals surface area contributed by atoms with Crippen molar-refractivity contribution in [2.75, 3.05) is 14.2 Å². The summed E-state index contributed by atoms with van der Waals surface area (Å²) in [5.41, 5.74) is 3.81. The van der Waals surface area contributed by atoms with Crippen molar-refractivity contribution in [3.05, 3.63) is 64.5 Å². The van der Waals surface area contributed by atoms with Crippen molar-refractivity contribution in [2.45, 2.75) is 0 Å². The molecule has 0 N–H and O–H groups in total. The molecule has 0 aliphatic heterocycles. The van der Waals surface area contributed by atoms with Gasteiger partial charge in [0.25, 0.3) is 0 Å². The number of hydrogen-bond donors (Lipinski definition) is 0. The van der Waals surface area contributed by atoms with Crippen LogP contribution in [0, 0.1) is 0 Å². The molecule has 0 atom stereocenters. The topological polar surface area (TPSA) is 48.4 Å². The fourth-order valence-electron chi connectivity index (χ4n) is 2.32. The van der Waals surface area contributed by atoms with Gasteiger partial charge in [0.05, 0.1) is 25.4 Å². The number of nitrogens with zero attached hydrogens (tertiary/aromatic N) is 1. The third kappa shape index (κ3) is 2.96. The number of benzene rings is 2. The van der Waals surface area contributed by atoms with Crippen molar-refractivity contribution in [1.29, 1.82) is 0 Å². The van der Waals surface area contributed by atoms with E-state index in [9.17, 15) is 4.79 Å². The Bertz CT molecular complexity index is 827. The Morgan fingerprint density at radius 1 is 1.00 bits per heavy atom. The van der Waals surface area contributed by atoms with Gasteiger partial charge >= 0.3 is 0 Å². The van der Waals surface area contributed by atoms with E-state index in [0.29, 0.717) is 27.6 Å². The molecule has 2 aromatic carbocycles. The fraction of sp³-hybridized carbons (Fsp3) is 0.111. The van der Waals surface area contributed by atoms with Gasteiger partial charge in [0, 0.05) is 11.1 Å². The quantitative estimate of drug-likeness (QED) is 0.664. The van der Waals surface area contributed by atoms with E-state index in [-0.39, 0.29) is 5.78 Å². The molecule has 1 heterocycles. The Morgan fingerprint density at radius 2 is 1.74 bits per heavy atom. The second-order valence-electron chi connectivity index (χ2n) is 4.80. The second-order valence-corrected chi connectivity index (χ2v) is 5.65. The highest BCUT2D eigenvalue weighted by Crippen LogP contribution is 2.34. The average Bonchev–Trinajstić information content (AvgIpc) is 3.10. The van der Waals surface area contributed by atoms with E-state index in [2.05, 4.69) is 4.98 Å². The molecule has 3 rings (SSSR count). The molecule has 0 bridgehead atoms. The fourth-order valence-corrected chi connectivity index (χ4v) is 3.09. The number of hydrogen-bond acceptors (Lipinski definition) is 5. The van der Waals surface area contributed by atoms with Crippen LogP contribution in [0.2, 0.25) is 0 Å². The molecule has 0 radical (unpaired) electrons. The highest BCUT2D eigenvalue weighted by atomic mass is 32.1. The Morgan fingerprint density at radius 3 is 2.43 bits per heavy atom. The second kappa shape index (κ2) is 6.62. The van der Waals surface area contributed by atoms with E-state index in [1.165, 1.54) is 11.3 Å². The number of ether oxygens (including phenoxy) is 2. The maximum atomic E-state index is 12.7. The van der Waals surface area contributed by atoms with E-state index in [1.807, 2.05) is 36.4 Å². The summed E-state index contributed by atoms with van der Waals surface area (Å²) < 4.78 is 10.6. The zero-order chi connectivity index (χ0) is 16.2. The lowest BCUT2D eigenvalue weighted by atomic mass is 10.0. The first kappa shape index (κ1) is 15.2. The van der Waals surface area contributed by atoms with Gasteiger partial charge in [0.1, 0.15) is 4.88 Å². The van der Waals surface area contributed by atoms with Crippen LogP contribution in [0.3, 0.4) is 0 Å².